The summed E-state index contributed by atoms with van der Waals surface area (Å²) < 4.78 is 4.82. The highest BCUT2D eigenvalue weighted by molar-refractivity contribution is 5.78. The van der Waals surface area contributed by atoms with E-state index in [9.17, 15) is 9.59 Å². The van der Waals surface area contributed by atoms with Crippen LogP contribution in [0.3, 0.4) is 0 Å². The predicted octanol–water partition coefficient (Wildman–Crippen LogP) is 0.213. The van der Waals surface area contributed by atoms with Crippen molar-refractivity contribution in [2.45, 2.75) is 19.4 Å². The van der Waals surface area contributed by atoms with Gasteiger partial charge in [-0.3, -0.25) is 9.78 Å². The third-order valence-corrected chi connectivity index (χ3v) is 1.94. The van der Waals surface area contributed by atoms with Crippen LogP contribution in [0.2, 0.25) is 0 Å². The van der Waals surface area contributed by atoms with E-state index < -0.39 is 12.0 Å². The summed E-state index contributed by atoms with van der Waals surface area (Å²) in [6, 6.07) is 4.64. The first-order valence-corrected chi connectivity index (χ1v) is 4.97. The number of aromatic nitrogens is 1. The van der Waals surface area contributed by atoms with Gasteiger partial charge in [-0.2, -0.15) is 0 Å². The van der Waals surface area contributed by atoms with E-state index in [4.69, 9.17) is 4.74 Å². The van der Waals surface area contributed by atoms with Crippen LogP contribution in [0.5, 0.6) is 0 Å². The lowest BCUT2D eigenvalue weighted by molar-refractivity contribution is -0.145. The number of hydrogen-bond acceptors (Lipinski definition) is 4. The van der Waals surface area contributed by atoms with Crippen LogP contribution in [0.1, 0.15) is 12.6 Å². The molecular weight excluding hydrogens is 208 g/mol. The molecule has 0 aromatic carbocycles. The van der Waals surface area contributed by atoms with Crippen LogP contribution in [0.25, 0.3) is 0 Å². The summed E-state index contributed by atoms with van der Waals surface area (Å²) in [5, 5.41) is 2.30. The van der Waals surface area contributed by atoms with Gasteiger partial charge in [0.05, 0.1) is 6.61 Å². The van der Waals surface area contributed by atoms with Crippen LogP contribution in [0, 0.1) is 0 Å². The molecule has 0 bridgehead atoms. The standard InChI is InChI=1S/C11H13N2O3/c1-2-16-11(15)10(13-8-14)7-9-5-3-4-6-12-9/h3-6,10H,2,7H2,1H3,(H,13,14). The molecule has 0 aliphatic rings. The Kier molecular flexibility index (Phi) is 4.98. The van der Waals surface area contributed by atoms with Gasteiger partial charge in [0.25, 0.3) is 0 Å². The largest absolute Gasteiger partial charge is 0.464 e. The van der Waals surface area contributed by atoms with Crippen LogP contribution in [0.4, 0.5) is 0 Å². The van der Waals surface area contributed by atoms with Crippen molar-refractivity contribution < 1.29 is 14.3 Å². The zero-order chi connectivity index (χ0) is 11.8. The first-order valence-electron chi connectivity index (χ1n) is 4.97. The second kappa shape index (κ2) is 6.55. The maximum absolute atomic E-state index is 11.4. The van der Waals surface area contributed by atoms with Gasteiger partial charge in [-0.1, -0.05) is 6.07 Å². The average molecular weight is 221 g/mol. The van der Waals surface area contributed by atoms with E-state index in [-0.39, 0.29) is 6.61 Å². The molecule has 1 unspecified atom stereocenters. The van der Waals surface area contributed by atoms with Crippen molar-refractivity contribution in [3.63, 3.8) is 0 Å². The van der Waals surface area contributed by atoms with E-state index in [1.165, 1.54) is 6.41 Å². The number of pyridine rings is 1. The molecule has 1 aromatic heterocycles. The molecule has 0 saturated carbocycles. The number of ether oxygens (including phenoxy) is 1. The Balaban J connectivity index is 2.64. The maximum atomic E-state index is 11.4. The molecule has 1 radical (unpaired) electrons. The van der Waals surface area contributed by atoms with Crippen molar-refractivity contribution in [1.82, 2.24) is 10.3 Å². The smallest absolute Gasteiger partial charge is 0.329 e. The lowest BCUT2D eigenvalue weighted by Crippen LogP contribution is -2.39. The SMILES string of the molecule is CCOC(=O)C(Cc1ccccn1)N[C]=O. The monoisotopic (exact) mass is 221 g/mol. The number of amides is 1. The number of carbonyl (C=O) groups excluding carboxylic acids is 2. The van der Waals surface area contributed by atoms with Crippen LogP contribution >= 0.6 is 0 Å². The summed E-state index contributed by atoms with van der Waals surface area (Å²) in [5.74, 6) is -0.475. The minimum Gasteiger partial charge on any atom is -0.464 e. The number of esters is 1. The fourth-order valence-electron chi connectivity index (χ4n) is 1.24. The van der Waals surface area contributed by atoms with E-state index in [1.54, 1.807) is 25.3 Å². The van der Waals surface area contributed by atoms with Crippen LogP contribution in [-0.4, -0.2) is 30.0 Å². The fourth-order valence-corrected chi connectivity index (χ4v) is 1.24. The van der Waals surface area contributed by atoms with Gasteiger partial charge in [0.2, 0.25) is 0 Å². The highest BCUT2D eigenvalue weighted by Crippen LogP contribution is 2.01. The van der Waals surface area contributed by atoms with Crippen LogP contribution < -0.4 is 5.32 Å². The van der Waals surface area contributed by atoms with E-state index in [0.29, 0.717) is 12.1 Å². The molecule has 1 aromatic rings. The summed E-state index contributed by atoms with van der Waals surface area (Å²) in [6.45, 7) is 1.98. The third-order valence-electron chi connectivity index (χ3n) is 1.94. The summed E-state index contributed by atoms with van der Waals surface area (Å²) in [5.41, 5.74) is 0.711. The second-order valence-electron chi connectivity index (χ2n) is 3.08. The quantitative estimate of drug-likeness (QED) is 0.551. The minimum absolute atomic E-state index is 0.276. The molecule has 1 rings (SSSR count). The number of hydrogen-bond donors (Lipinski definition) is 1. The van der Waals surface area contributed by atoms with E-state index >= 15 is 0 Å². The minimum atomic E-state index is -0.729. The molecular formula is C11H13N2O3. The molecule has 85 valence electrons. The van der Waals surface area contributed by atoms with Gasteiger partial charge in [-0.25, -0.2) is 4.79 Å². The van der Waals surface area contributed by atoms with Crippen molar-refractivity contribution in [3.8, 4) is 0 Å². The molecule has 0 aliphatic carbocycles. The van der Waals surface area contributed by atoms with E-state index in [0.717, 1.165) is 0 Å². The van der Waals surface area contributed by atoms with E-state index in [2.05, 4.69) is 10.3 Å². The van der Waals surface area contributed by atoms with Gasteiger partial charge in [0, 0.05) is 18.3 Å². The predicted molar refractivity (Wildman–Crippen MR) is 57.2 cm³/mol. The third kappa shape index (κ3) is 3.68. The molecule has 0 saturated heterocycles. The zero-order valence-electron chi connectivity index (χ0n) is 8.97. The van der Waals surface area contributed by atoms with Gasteiger partial charge in [0.1, 0.15) is 6.04 Å². The molecule has 1 N–H and O–H groups in total. The lowest BCUT2D eigenvalue weighted by Gasteiger charge is -2.13. The Morgan fingerprint density at radius 1 is 1.62 bits per heavy atom. The number of carbonyl (C=O) groups is 1. The molecule has 1 atom stereocenters. The first-order chi connectivity index (χ1) is 7.77. The summed E-state index contributed by atoms with van der Waals surface area (Å²) >= 11 is 0. The zero-order valence-corrected chi connectivity index (χ0v) is 8.97. The molecule has 0 fully saturated rings. The molecule has 5 nitrogen and oxygen atoms in total. The number of nitrogens with zero attached hydrogens (tertiary/aromatic N) is 1. The normalized spacial score (nSPS) is 11.6. The summed E-state index contributed by atoms with van der Waals surface area (Å²) in [6.07, 6.45) is 3.43. The topological polar surface area (TPSA) is 68.3 Å². The highest BCUT2D eigenvalue weighted by Gasteiger charge is 2.19. The van der Waals surface area contributed by atoms with Crippen molar-refractivity contribution in [3.05, 3.63) is 30.1 Å². The summed E-state index contributed by atoms with van der Waals surface area (Å²) in [7, 11) is 0. The summed E-state index contributed by atoms with van der Waals surface area (Å²) in [4.78, 5) is 25.8. The van der Waals surface area contributed by atoms with Gasteiger partial charge in [-0.15, -0.1) is 0 Å². The van der Waals surface area contributed by atoms with E-state index in [1.807, 2.05) is 6.07 Å². The Morgan fingerprint density at radius 2 is 2.44 bits per heavy atom. The average Bonchev–Trinajstić information content (AvgIpc) is 2.30. The highest BCUT2D eigenvalue weighted by atomic mass is 16.5. The molecule has 0 aliphatic heterocycles. The number of rotatable bonds is 6. The van der Waals surface area contributed by atoms with Gasteiger partial charge in [0.15, 0.2) is 0 Å². The molecule has 5 heteroatoms. The van der Waals surface area contributed by atoms with Crippen molar-refractivity contribution in [1.29, 1.82) is 0 Å². The fraction of sp³-hybridized carbons (Fsp3) is 0.364. The molecule has 0 spiro atoms. The second-order valence-corrected chi connectivity index (χ2v) is 3.08. The first kappa shape index (κ1) is 12.2. The van der Waals surface area contributed by atoms with Gasteiger partial charge in [-0.05, 0) is 19.1 Å². The Morgan fingerprint density at radius 3 is 3.00 bits per heavy atom. The molecule has 1 heterocycles. The lowest BCUT2D eigenvalue weighted by atomic mass is 10.1. The van der Waals surface area contributed by atoms with Gasteiger partial charge < -0.3 is 10.1 Å². The van der Waals surface area contributed by atoms with Crippen molar-refractivity contribution >= 4 is 12.4 Å². The van der Waals surface area contributed by atoms with Crippen molar-refractivity contribution in [2.24, 2.45) is 0 Å². The van der Waals surface area contributed by atoms with Crippen LogP contribution in [0.15, 0.2) is 24.4 Å². The maximum Gasteiger partial charge on any atom is 0.329 e. The van der Waals surface area contributed by atoms with Gasteiger partial charge >= 0.3 is 12.4 Å². The molecule has 1 amide bonds. The van der Waals surface area contributed by atoms with Crippen LogP contribution in [-0.2, 0) is 20.7 Å². The Hall–Kier alpha value is -1.91. The number of nitrogens with one attached hydrogen (secondary N) is 1. The molecule has 16 heavy (non-hydrogen) atoms. The Labute approximate surface area is 93.8 Å². The van der Waals surface area contributed by atoms with Crippen molar-refractivity contribution in [2.75, 3.05) is 6.61 Å². The Bertz CT molecular complexity index is 340.